The van der Waals surface area contributed by atoms with Gasteiger partial charge in [0.2, 0.25) is 0 Å². The molecule has 1 aliphatic heterocycles. The first-order valence-electron chi connectivity index (χ1n) is 6.37. The van der Waals surface area contributed by atoms with Crippen LogP contribution >= 0.6 is 0 Å². The topological polar surface area (TPSA) is 46.1 Å². The minimum atomic E-state index is 0.0393. The van der Waals surface area contributed by atoms with Crippen LogP contribution in [-0.4, -0.2) is 29.6 Å². The molecular weight excluding hydrogens is 214 g/mol. The average Bonchev–Trinajstić information content (AvgIpc) is 2.79. The number of rotatable bonds is 3. The van der Waals surface area contributed by atoms with E-state index < -0.39 is 0 Å². The van der Waals surface area contributed by atoms with Crippen molar-refractivity contribution in [2.24, 2.45) is 0 Å². The van der Waals surface area contributed by atoms with Crippen LogP contribution in [0.25, 0.3) is 0 Å². The Kier molecular flexibility index (Phi) is 3.84. The van der Waals surface area contributed by atoms with Crippen LogP contribution in [0, 0.1) is 0 Å². The molecular formula is C13H21N3O. The fourth-order valence-electron chi connectivity index (χ4n) is 2.27. The van der Waals surface area contributed by atoms with Gasteiger partial charge in [-0.2, -0.15) is 0 Å². The van der Waals surface area contributed by atoms with Crippen LogP contribution in [0.2, 0.25) is 0 Å². The summed E-state index contributed by atoms with van der Waals surface area (Å²) in [5.41, 5.74) is 0.755. The predicted molar refractivity (Wildman–Crippen MR) is 68.2 cm³/mol. The summed E-state index contributed by atoms with van der Waals surface area (Å²) in [5.74, 6) is 0.0393. The van der Waals surface area contributed by atoms with E-state index in [1.165, 1.54) is 0 Å². The van der Waals surface area contributed by atoms with Gasteiger partial charge in [0.05, 0.1) is 0 Å². The van der Waals surface area contributed by atoms with Crippen LogP contribution in [0.1, 0.15) is 43.2 Å². The quantitative estimate of drug-likeness (QED) is 0.835. The van der Waals surface area contributed by atoms with E-state index in [0.29, 0.717) is 6.04 Å². The lowest BCUT2D eigenvalue weighted by Gasteiger charge is -2.24. The molecule has 1 aromatic heterocycles. The van der Waals surface area contributed by atoms with Gasteiger partial charge in [0.1, 0.15) is 5.69 Å². The van der Waals surface area contributed by atoms with Crippen LogP contribution in [0.3, 0.4) is 0 Å². The minimum absolute atomic E-state index is 0.0393. The van der Waals surface area contributed by atoms with E-state index >= 15 is 0 Å². The molecule has 4 heteroatoms. The molecule has 2 rings (SSSR count). The fraction of sp³-hybridized carbons (Fsp3) is 0.615. The summed E-state index contributed by atoms with van der Waals surface area (Å²) >= 11 is 0. The second-order valence-electron chi connectivity index (χ2n) is 4.91. The summed E-state index contributed by atoms with van der Waals surface area (Å²) in [5, 5.41) is 6.40. The maximum absolute atomic E-state index is 12.1. The van der Waals surface area contributed by atoms with Crippen LogP contribution in [0.15, 0.2) is 18.3 Å². The number of nitrogens with one attached hydrogen (secondary N) is 2. The van der Waals surface area contributed by atoms with Crippen molar-refractivity contribution in [2.45, 2.75) is 38.8 Å². The largest absolute Gasteiger partial charge is 0.347 e. The fourth-order valence-corrected chi connectivity index (χ4v) is 2.27. The third kappa shape index (κ3) is 2.88. The van der Waals surface area contributed by atoms with Crippen molar-refractivity contribution in [3.05, 3.63) is 24.0 Å². The Bertz CT molecular complexity index is 378. The maximum atomic E-state index is 12.1. The van der Waals surface area contributed by atoms with Crippen molar-refractivity contribution in [2.75, 3.05) is 13.1 Å². The highest BCUT2D eigenvalue weighted by Crippen LogP contribution is 2.11. The Morgan fingerprint density at radius 3 is 3.06 bits per heavy atom. The van der Waals surface area contributed by atoms with Gasteiger partial charge in [-0.1, -0.05) is 0 Å². The molecule has 0 aliphatic carbocycles. The lowest BCUT2D eigenvalue weighted by molar-refractivity contribution is 0.0920. The number of carbonyl (C=O) groups excluding carboxylic acids is 1. The zero-order chi connectivity index (χ0) is 12.3. The normalized spacial score (nSPS) is 20.5. The van der Waals surface area contributed by atoms with E-state index in [2.05, 4.69) is 24.5 Å². The molecule has 1 aromatic rings. The molecule has 0 aromatic carbocycles. The zero-order valence-electron chi connectivity index (χ0n) is 10.6. The van der Waals surface area contributed by atoms with Gasteiger partial charge in [-0.15, -0.1) is 0 Å². The van der Waals surface area contributed by atoms with Crippen LogP contribution in [0.5, 0.6) is 0 Å². The Balaban J connectivity index is 2.01. The summed E-state index contributed by atoms with van der Waals surface area (Å²) in [6, 6.07) is 4.39. The van der Waals surface area contributed by atoms with E-state index in [-0.39, 0.29) is 11.9 Å². The highest BCUT2D eigenvalue weighted by atomic mass is 16.2. The molecule has 2 N–H and O–H groups in total. The molecule has 0 saturated carbocycles. The molecule has 2 heterocycles. The Labute approximate surface area is 102 Å². The van der Waals surface area contributed by atoms with Gasteiger partial charge >= 0.3 is 0 Å². The van der Waals surface area contributed by atoms with Crippen LogP contribution in [0.4, 0.5) is 0 Å². The van der Waals surface area contributed by atoms with Crippen molar-refractivity contribution >= 4 is 5.91 Å². The number of amides is 1. The van der Waals surface area contributed by atoms with Crippen LogP contribution < -0.4 is 10.6 Å². The molecule has 94 valence electrons. The summed E-state index contributed by atoms with van der Waals surface area (Å²) in [4.78, 5) is 12.1. The molecule has 1 atom stereocenters. The molecule has 1 unspecified atom stereocenters. The maximum Gasteiger partial charge on any atom is 0.268 e. The summed E-state index contributed by atoms with van der Waals surface area (Å²) < 4.78 is 2.01. The van der Waals surface area contributed by atoms with Crippen LogP contribution in [-0.2, 0) is 0 Å². The third-order valence-electron chi connectivity index (χ3n) is 3.20. The van der Waals surface area contributed by atoms with Gasteiger partial charge in [0, 0.05) is 24.8 Å². The molecule has 4 nitrogen and oxygen atoms in total. The number of carbonyl (C=O) groups is 1. The second-order valence-corrected chi connectivity index (χ2v) is 4.91. The van der Waals surface area contributed by atoms with Crippen molar-refractivity contribution in [1.29, 1.82) is 0 Å². The van der Waals surface area contributed by atoms with Crippen molar-refractivity contribution < 1.29 is 4.79 Å². The Morgan fingerprint density at radius 1 is 1.59 bits per heavy atom. The van der Waals surface area contributed by atoms with E-state index in [4.69, 9.17) is 0 Å². The van der Waals surface area contributed by atoms with Gasteiger partial charge in [-0.25, -0.2) is 0 Å². The van der Waals surface area contributed by atoms with Gasteiger partial charge in [-0.05, 0) is 45.4 Å². The molecule has 17 heavy (non-hydrogen) atoms. The molecule has 0 spiro atoms. The van der Waals surface area contributed by atoms with Gasteiger partial charge < -0.3 is 15.2 Å². The number of hydrogen-bond acceptors (Lipinski definition) is 2. The van der Waals surface area contributed by atoms with E-state index in [1.807, 2.05) is 22.9 Å². The molecule has 1 aliphatic rings. The molecule has 1 saturated heterocycles. The standard InChI is InChI=1S/C13H21N3O/c1-10(2)16-8-4-6-12(16)13(17)15-11-5-3-7-14-9-11/h4,6,8,10-11,14H,3,5,7,9H2,1-2H3,(H,15,17). The third-order valence-corrected chi connectivity index (χ3v) is 3.20. The van der Waals surface area contributed by atoms with Gasteiger partial charge in [0.25, 0.3) is 5.91 Å². The minimum Gasteiger partial charge on any atom is -0.347 e. The van der Waals surface area contributed by atoms with E-state index in [1.54, 1.807) is 0 Å². The Morgan fingerprint density at radius 2 is 2.41 bits per heavy atom. The number of hydrogen-bond donors (Lipinski definition) is 2. The van der Waals surface area contributed by atoms with Crippen molar-refractivity contribution in [3.8, 4) is 0 Å². The lowest BCUT2D eigenvalue weighted by Crippen LogP contribution is -2.46. The first-order chi connectivity index (χ1) is 8.18. The summed E-state index contributed by atoms with van der Waals surface area (Å²) in [7, 11) is 0. The smallest absolute Gasteiger partial charge is 0.268 e. The second kappa shape index (κ2) is 5.36. The molecule has 0 radical (unpaired) electrons. The van der Waals surface area contributed by atoms with Crippen molar-refractivity contribution in [3.63, 3.8) is 0 Å². The Hall–Kier alpha value is -1.29. The van der Waals surface area contributed by atoms with E-state index in [9.17, 15) is 4.79 Å². The first kappa shape index (κ1) is 12.2. The average molecular weight is 235 g/mol. The number of aromatic nitrogens is 1. The SMILES string of the molecule is CC(C)n1cccc1C(=O)NC1CCCNC1. The number of nitrogens with zero attached hydrogens (tertiary/aromatic N) is 1. The molecule has 1 amide bonds. The van der Waals surface area contributed by atoms with Gasteiger partial charge in [-0.3, -0.25) is 4.79 Å². The first-order valence-corrected chi connectivity index (χ1v) is 6.37. The monoisotopic (exact) mass is 235 g/mol. The zero-order valence-corrected chi connectivity index (χ0v) is 10.6. The van der Waals surface area contributed by atoms with Gasteiger partial charge in [0.15, 0.2) is 0 Å². The molecule has 1 fully saturated rings. The van der Waals surface area contributed by atoms with Crippen molar-refractivity contribution in [1.82, 2.24) is 15.2 Å². The summed E-state index contributed by atoms with van der Waals surface area (Å²) in [6.45, 7) is 6.11. The summed E-state index contributed by atoms with van der Waals surface area (Å²) in [6.07, 6.45) is 4.16. The highest BCUT2D eigenvalue weighted by molar-refractivity contribution is 5.93. The predicted octanol–water partition coefficient (Wildman–Crippen LogP) is 1.55. The number of piperidine rings is 1. The molecule has 0 bridgehead atoms. The van der Waals surface area contributed by atoms with E-state index in [0.717, 1.165) is 31.6 Å². The lowest BCUT2D eigenvalue weighted by atomic mass is 10.1. The highest BCUT2D eigenvalue weighted by Gasteiger charge is 2.18.